The first-order chi connectivity index (χ1) is 12.4. The number of carboxylic acid groups (broad SMARTS) is 1. The van der Waals surface area contributed by atoms with Gasteiger partial charge in [-0.15, -0.1) is 0 Å². The molecule has 132 valence electrons. The first-order valence-corrected chi connectivity index (χ1v) is 8.34. The predicted molar refractivity (Wildman–Crippen MR) is 103 cm³/mol. The maximum absolute atomic E-state index is 10.9. The summed E-state index contributed by atoms with van der Waals surface area (Å²) in [6.07, 6.45) is 0. The fourth-order valence-electron chi connectivity index (χ4n) is 2.26. The average Bonchev–Trinajstić information content (AvgIpc) is 2.58. The van der Waals surface area contributed by atoms with Crippen LogP contribution in [0.25, 0.3) is 0 Å². The molecule has 0 radical (unpaired) electrons. The molecule has 26 heavy (non-hydrogen) atoms. The van der Waals surface area contributed by atoms with Crippen molar-refractivity contribution in [2.24, 2.45) is 0 Å². The molecular weight excluding hydrogens is 375 g/mol. The van der Waals surface area contributed by atoms with E-state index in [1.54, 1.807) is 43.3 Å². The minimum atomic E-state index is -0.970. The van der Waals surface area contributed by atoms with Gasteiger partial charge in [0.25, 0.3) is 0 Å². The van der Waals surface area contributed by atoms with Crippen LogP contribution < -0.4 is 10.6 Å². The molecule has 3 aromatic rings. The van der Waals surface area contributed by atoms with Gasteiger partial charge in [0, 0.05) is 17.4 Å². The van der Waals surface area contributed by atoms with Crippen molar-refractivity contribution in [3.8, 4) is 0 Å². The Labute approximate surface area is 159 Å². The number of halogens is 2. The molecule has 2 aromatic carbocycles. The number of anilines is 4. The Morgan fingerprint density at radius 1 is 0.885 bits per heavy atom. The Bertz CT molecular complexity index is 962. The minimum Gasteiger partial charge on any atom is -0.478 e. The first kappa shape index (κ1) is 18.0. The van der Waals surface area contributed by atoms with Crippen molar-refractivity contribution in [1.29, 1.82) is 0 Å². The summed E-state index contributed by atoms with van der Waals surface area (Å²) < 4.78 is 0. The van der Waals surface area contributed by atoms with Crippen LogP contribution in [-0.4, -0.2) is 21.0 Å². The standard InChI is InChI=1S/C18H14Cl2N4O2/c1-10-21-16(23-12-4-2-11(3-5-12)18(25)26)9-17(22-10)24-13-6-7-14(19)15(20)8-13/h2-9H,1H3,(H,25,26)(H2,21,22,23,24). The number of benzene rings is 2. The number of carboxylic acids is 1. The summed E-state index contributed by atoms with van der Waals surface area (Å²) in [6.45, 7) is 1.78. The topological polar surface area (TPSA) is 87.1 Å². The van der Waals surface area contributed by atoms with Gasteiger partial charge in [0.1, 0.15) is 17.5 Å². The molecule has 3 rings (SSSR count). The molecule has 0 unspecified atom stereocenters. The van der Waals surface area contributed by atoms with E-state index in [9.17, 15) is 4.79 Å². The number of rotatable bonds is 5. The summed E-state index contributed by atoms with van der Waals surface area (Å²) >= 11 is 11.9. The van der Waals surface area contributed by atoms with E-state index in [1.807, 2.05) is 0 Å². The second kappa shape index (κ2) is 7.59. The molecule has 0 amide bonds. The molecule has 8 heteroatoms. The zero-order valence-electron chi connectivity index (χ0n) is 13.6. The van der Waals surface area contributed by atoms with E-state index in [0.29, 0.717) is 33.2 Å². The first-order valence-electron chi connectivity index (χ1n) is 7.59. The van der Waals surface area contributed by atoms with E-state index in [1.165, 1.54) is 12.1 Å². The highest BCUT2D eigenvalue weighted by molar-refractivity contribution is 6.42. The molecule has 0 saturated heterocycles. The molecular formula is C18H14Cl2N4O2. The van der Waals surface area contributed by atoms with Gasteiger partial charge in [-0.25, -0.2) is 14.8 Å². The van der Waals surface area contributed by atoms with E-state index in [4.69, 9.17) is 28.3 Å². The molecule has 1 aromatic heterocycles. The smallest absolute Gasteiger partial charge is 0.335 e. The van der Waals surface area contributed by atoms with Gasteiger partial charge in [-0.3, -0.25) is 0 Å². The summed E-state index contributed by atoms with van der Waals surface area (Å²) in [6, 6.07) is 13.3. The summed E-state index contributed by atoms with van der Waals surface area (Å²) in [7, 11) is 0. The lowest BCUT2D eigenvalue weighted by Crippen LogP contribution is -2.02. The quantitative estimate of drug-likeness (QED) is 0.551. The highest BCUT2D eigenvalue weighted by atomic mass is 35.5. The summed E-state index contributed by atoms with van der Waals surface area (Å²) in [4.78, 5) is 19.6. The fraction of sp³-hybridized carbons (Fsp3) is 0.0556. The van der Waals surface area contributed by atoms with Gasteiger partial charge in [0.2, 0.25) is 0 Å². The van der Waals surface area contributed by atoms with Gasteiger partial charge in [0.15, 0.2) is 0 Å². The van der Waals surface area contributed by atoms with Crippen molar-refractivity contribution in [2.45, 2.75) is 6.92 Å². The van der Waals surface area contributed by atoms with E-state index in [2.05, 4.69) is 20.6 Å². The Morgan fingerprint density at radius 3 is 2.04 bits per heavy atom. The van der Waals surface area contributed by atoms with Crippen LogP contribution in [0.1, 0.15) is 16.2 Å². The molecule has 3 N–H and O–H groups in total. The monoisotopic (exact) mass is 388 g/mol. The molecule has 0 spiro atoms. The second-order valence-corrected chi connectivity index (χ2v) is 6.26. The van der Waals surface area contributed by atoms with E-state index in [0.717, 1.165) is 5.69 Å². The Hall–Kier alpha value is -2.83. The average molecular weight is 389 g/mol. The lowest BCUT2D eigenvalue weighted by Gasteiger charge is -2.11. The normalized spacial score (nSPS) is 10.4. The lowest BCUT2D eigenvalue weighted by molar-refractivity contribution is 0.0697. The van der Waals surface area contributed by atoms with Gasteiger partial charge in [0.05, 0.1) is 15.6 Å². The van der Waals surface area contributed by atoms with Crippen molar-refractivity contribution in [3.05, 3.63) is 70.0 Å². The number of aryl methyl sites for hydroxylation is 1. The molecule has 0 aliphatic carbocycles. The number of nitrogens with one attached hydrogen (secondary N) is 2. The van der Waals surface area contributed by atoms with Crippen molar-refractivity contribution < 1.29 is 9.90 Å². The largest absolute Gasteiger partial charge is 0.478 e. The molecule has 0 saturated carbocycles. The molecule has 6 nitrogen and oxygen atoms in total. The SMILES string of the molecule is Cc1nc(Nc2ccc(C(=O)O)cc2)cc(Nc2ccc(Cl)c(Cl)c2)n1. The lowest BCUT2D eigenvalue weighted by atomic mass is 10.2. The number of hydrogen-bond acceptors (Lipinski definition) is 5. The summed E-state index contributed by atoms with van der Waals surface area (Å²) in [5, 5.41) is 16.1. The van der Waals surface area contributed by atoms with E-state index >= 15 is 0 Å². The Balaban J connectivity index is 1.80. The molecule has 0 fully saturated rings. The van der Waals surface area contributed by atoms with Crippen LogP contribution in [0.15, 0.2) is 48.5 Å². The van der Waals surface area contributed by atoms with E-state index < -0.39 is 5.97 Å². The van der Waals surface area contributed by atoms with Crippen LogP contribution in [0.3, 0.4) is 0 Å². The molecule has 0 aliphatic rings. The third kappa shape index (κ3) is 4.41. The molecule has 1 heterocycles. The fourth-order valence-corrected chi connectivity index (χ4v) is 2.56. The number of nitrogens with zero attached hydrogens (tertiary/aromatic N) is 2. The Kier molecular flexibility index (Phi) is 5.25. The number of aromatic nitrogens is 2. The number of hydrogen-bond donors (Lipinski definition) is 3. The molecule has 0 atom stereocenters. The van der Waals surface area contributed by atoms with Gasteiger partial charge < -0.3 is 15.7 Å². The zero-order valence-corrected chi connectivity index (χ0v) is 15.1. The third-order valence-corrected chi connectivity index (χ3v) is 4.17. The van der Waals surface area contributed by atoms with Crippen molar-refractivity contribution >= 4 is 52.2 Å². The van der Waals surface area contributed by atoms with Gasteiger partial charge in [-0.2, -0.15) is 0 Å². The second-order valence-electron chi connectivity index (χ2n) is 5.45. The molecule has 0 aliphatic heterocycles. The van der Waals surface area contributed by atoms with Crippen LogP contribution in [-0.2, 0) is 0 Å². The predicted octanol–water partition coefficient (Wildman–Crippen LogP) is 5.28. The maximum Gasteiger partial charge on any atom is 0.335 e. The number of aromatic carboxylic acids is 1. The Morgan fingerprint density at radius 2 is 1.46 bits per heavy atom. The summed E-state index contributed by atoms with van der Waals surface area (Å²) in [5.41, 5.74) is 1.68. The van der Waals surface area contributed by atoms with Crippen LogP contribution in [0.2, 0.25) is 10.0 Å². The van der Waals surface area contributed by atoms with Crippen LogP contribution in [0.5, 0.6) is 0 Å². The number of carbonyl (C=O) groups is 1. The van der Waals surface area contributed by atoms with E-state index in [-0.39, 0.29) is 5.56 Å². The summed E-state index contributed by atoms with van der Waals surface area (Å²) in [5.74, 6) is 0.755. The van der Waals surface area contributed by atoms with Crippen molar-refractivity contribution in [3.63, 3.8) is 0 Å². The third-order valence-electron chi connectivity index (χ3n) is 3.43. The van der Waals surface area contributed by atoms with Gasteiger partial charge >= 0.3 is 5.97 Å². The minimum absolute atomic E-state index is 0.219. The van der Waals surface area contributed by atoms with Gasteiger partial charge in [-0.05, 0) is 49.4 Å². The van der Waals surface area contributed by atoms with Crippen molar-refractivity contribution in [1.82, 2.24) is 9.97 Å². The zero-order chi connectivity index (χ0) is 18.7. The van der Waals surface area contributed by atoms with Crippen molar-refractivity contribution in [2.75, 3.05) is 10.6 Å². The maximum atomic E-state index is 10.9. The van der Waals surface area contributed by atoms with Crippen LogP contribution in [0, 0.1) is 6.92 Å². The molecule has 0 bridgehead atoms. The van der Waals surface area contributed by atoms with Crippen LogP contribution in [0.4, 0.5) is 23.0 Å². The van der Waals surface area contributed by atoms with Crippen LogP contribution >= 0.6 is 23.2 Å². The highest BCUT2D eigenvalue weighted by Gasteiger charge is 2.06. The van der Waals surface area contributed by atoms with Gasteiger partial charge in [-0.1, -0.05) is 23.2 Å². The highest BCUT2D eigenvalue weighted by Crippen LogP contribution is 2.27.